The van der Waals surface area contributed by atoms with Gasteiger partial charge in [-0.05, 0) is 29.7 Å². The van der Waals surface area contributed by atoms with Crippen LogP contribution in [0.3, 0.4) is 0 Å². The largest absolute Gasteiger partial charge is 0.380 e. The van der Waals surface area contributed by atoms with E-state index in [1.165, 1.54) is 21.7 Å². The minimum Gasteiger partial charge on any atom is -0.380 e. The highest BCUT2D eigenvalue weighted by Crippen LogP contribution is 2.50. The summed E-state index contributed by atoms with van der Waals surface area (Å²) in [6.07, 6.45) is 1.15. The molecule has 17 heavy (non-hydrogen) atoms. The van der Waals surface area contributed by atoms with E-state index in [4.69, 9.17) is 0 Å². The lowest BCUT2D eigenvalue weighted by atomic mass is 10.1. The van der Waals surface area contributed by atoms with Crippen LogP contribution < -0.4 is 5.32 Å². The molecule has 1 N–H and O–H groups in total. The van der Waals surface area contributed by atoms with E-state index in [0.29, 0.717) is 11.3 Å². The van der Waals surface area contributed by atoms with Gasteiger partial charge in [0.15, 0.2) is 0 Å². The normalized spacial score (nSPS) is 24.5. The Hall–Kier alpha value is -1.41. The number of benzene rings is 2. The van der Waals surface area contributed by atoms with Crippen molar-refractivity contribution < 1.29 is 0 Å². The Kier molecular flexibility index (Phi) is 2.00. The molecule has 0 saturated heterocycles. The summed E-state index contributed by atoms with van der Waals surface area (Å²) in [7, 11) is 0. The van der Waals surface area contributed by atoms with Crippen molar-refractivity contribution in [2.45, 2.75) is 22.6 Å². The number of para-hydroxylation sites is 1. The highest BCUT2D eigenvalue weighted by Gasteiger charge is 2.36. The molecule has 0 fully saturated rings. The molecule has 0 amide bonds. The average molecular weight is 239 g/mol. The van der Waals surface area contributed by atoms with Crippen molar-refractivity contribution >= 4 is 17.4 Å². The Morgan fingerprint density at radius 1 is 1.00 bits per heavy atom. The van der Waals surface area contributed by atoms with E-state index >= 15 is 0 Å². The molecule has 1 aliphatic heterocycles. The van der Waals surface area contributed by atoms with Crippen molar-refractivity contribution in [1.82, 2.24) is 0 Å². The van der Waals surface area contributed by atoms with Gasteiger partial charge in [-0.3, -0.25) is 0 Å². The maximum absolute atomic E-state index is 3.68. The second-order valence-corrected chi connectivity index (χ2v) is 5.87. The molecule has 0 radical (unpaired) electrons. The van der Waals surface area contributed by atoms with Gasteiger partial charge in [0.05, 0.1) is 5.25 Å². The first-order chi connectivity index (χ1) is 8.42. The van der Waals surface area contributed by atoms with Gasteiger partial charge in [-0.15, -0.1) is 11.8 Å². The zero-order valence-corrected chi connectivity index (χ0v) is 10.2. The highest BCUT2D eigenvalue weighted by molar-refractivity contribution is 7.99. The van der Waals surface area contributed by atoms with Crippen LogP contribution in [0.15, 0.2) is 53.4 Å². The van der Waals surface area contributed by atoms with Crippen molar-refractivity contribution in [1.29, 1.82) is 0 Å². The van der Waals surface area contributed by atoms with Crippen molar-refractivity contribution in [2.24, 2.45) is 0 Å². The van der Waals surface area contributed by atoms with Crippen LogP contribution in [-0.2, 0) is 6.42 Å². The third-order valence-corrected chi connectivity index (χ3v) is 5.10. The summed E-state index contributed by atoms with van der Waals surface area (Å²) in [4.78, 5) is 1.38. The van der Waals surface area contributed by atoms with Gasteiger partial charge in [-0.1, -0.05) is 36.4 Å². The van der Waals surface area contributed by atoms with Gasteiger partial charge in [0, 0.05) is 16.6 Å². The molecule has 0 spiro atoms. The molecule has 2 aromatic rings. The van der Waals surface area contributed by atoms with E-state index in [2.05, 4.69) is 53.8 Å². The Morgan fingerprint density at radius 2 is 1.82 bits per heavy atom. The second kappa shape index (κ2) is 3.54. The van der Waals surface area contributed by atoms with E-state index in [1.54, 1.807) is 0 Å². The predicted octanol–water partition coefficient (Wildman–Crippen LogP) is 3.87. The third-order valence-electron chi connectivity index (χ3n) is 3.65. The first-order valence-electron chi connectivity index (χ1n) is 6.02. The average Bonchev–Trinajstić information content (AvgIpc) is 2.73. The minimum atomic E-state index is 0.562. The first kappa shape index (κ1) is 9.60. The fraction of sp³-hybridized carbons (Fsp3) is 0.200. The van der Waals surface area contributed by atoms with Crippen molar-refractivity contribution in [2.75, 3.05) is 5.32 Å². The zero-order chi connectivity index (χ0) is 11.2. The number of thioether (sulfide) groups is 1. The molecule has 0 bridgehead atoms. The fourth-order valence-corrected chi connectivity index (χ4v) is 4.23. The molecule has 0 aromatic heterocycles. The summed E-state index contributed by atoms with van der Waals surface area (Å²) < 4.78 is 0. The van der Waals surface area contributed by atoms with Crippen molar-refractivity contribution in [3.63, 3.8) is 0 Å². The van der Waals surface area contributed by atoms with Crippen LogP contribution in [0.1, 0.15) is 16.4 Å². The van der Waals surface area contributed by atoms with E-state index in [9.17, 15) is 0 Å². The lowest BCUT2D eigenvalue weighted by Crippen LogP contribution is -2.26. The quantitative estimate of drug-likeness (QED) is 0.749. The SMILES string of the molecule is c1ccc2c(c1)C[C@@H]1Nc3ccccc3S[C@H]21. The summed E-state index contributed by atoms with van der Waals surface area (Å²) in [5.74, 6) is 0. The number of nitrogens with one attached hydrogen (secondary N) is 1. The smallest absolute Gasteiger partial charge is 0.0552 e. The topological polar surface area (TPSA) is 12.0 Å². The molecule has 1 heterocycles. The Balaban J connectivity index is 1.79. The van der Waals surface area contributed by atoms with Gasteiger partial charge >= 0.3 is 0 Å². The van der Waals surface area contributed by atoms with Crippen molar-refractivity contribution in [3.8, 4) is 0 Å². The van der Waals surface area contributed by atoms with Gasteiger partial charge in [-0.2, -0.15) is 0 Å². The van der Waals surface area contributed by atoms with E-state index < -0.39 is 0 Å². The van der Waals surface area contributed by atoms with Gasteiger partial charge in [-0.25, -0.2) is 0 Å². The Morgan fingerprint density at radius 3 is 2.82 bits per heavy atom. The highest BCUT2D eigenvalue weighted by atomic mass is 32.2. The number of hydrogen-bond acceptors (Lipinski definition) is 2. The predicted molar refractivity (Wildman–Crippen MR) is 72.6 cm³/mol. The third kappa shape index (κ3) is 1.40. The maximum Gasteiger partial charge on any atom is 0.0552 e. The molecule has 1 nitrogen and oxygen atoms in total. The second-order valence-electron chi connectivity index (χ2n) is 4.69. The van der Waals surface area contributed by atoms with Crippen molar-refractivity contribution in [3.05, 3.63) is 59.7 Å². The molecule has 0 saturated carbocycles. The van der Waals surface area contributed by atoms with Crippen LogP contribution >= 0.6 is 11.8 Å². The summed E-state index contributed by atoms with van der Waals surface area (Å²) >= 11 is 2.01. The molecule has 84 valence electrons. The van der Waals surface area contributed by atoms with E-state index in [0.717, 1.165) is 6.42 Å². The van der Waals surface area contributed by atoms with Crippen LogP contribution in [0.2, 0.25) is 0 Å². The summed E-state index contributed by atoms with van der Waals surface area (Å²) in [5, 5.41) is 4.27. The van der Waals surface area contributed by atoms with Crippen LogP contribution in [0.25, 0.3) is 0 Å². The summed E-state index contributed by atoms with van der Waals surface area (Å²) in [6, 6.07) is 18.0. The number of hydrogen-bond donors (Lipinski definition) is 1. The van der Waals surface area contributed by atoms with Gasteiger partial charge in [0.1, 0.15) is 0 Å². The number of anilines is 1. The van der Waals surface area contributed by atoms with E-state index in [-0.39, 0.29) is 0 Å². The fourth-order valence-electron chi connectivity index (χ4n) is 2.86. The number of rotatable bonds is 0. The molecule has 2 aliphatic rings. The van der Waals surface area contributed by atoms with Crippen LogP contribution in [0, 0.1) is 0 Å². The monoisotopic (exact) mass is 239 g/mol. The summed E-state index contributed by atoms with van der Waals surface area (Å²) in [5.41, 5.74) is 4.33. The standard InChI is InChI=1S/C15H13NS/c1-2-6-11-10(5-1)9-13-15(11)17-14-8-4-3-7-12(14)16-13/h1-8,13,15-16H,9H2/t13-,15+/m0/s1. The van der Waals surface area contributed by atoms with E-state index in [1.807, 2.05) is 11.8 Å². The Labute approximate surface area is 105 Å². The molecular formula is C15H13NS. The minimum absolute atomic E-state index is 0.562. The van der Waals surface area contributed by atoms with Crippen LogP contribution in [0.4, 0.5) is 5.69 Å². The molecule has 2 heteroatoms. The summed E-state index contributed by atoms with van der Waals surface area (Å²) in [6.45, 7) is 0. The molecular weight excluding hydrogens is 226 g/mol. The Bertz CT molecular complexity index is 573. The molecule has 0 unspecified atom stereocenters. The van der Waals surface area contributed by atoms with Gasteiger partial charge in [0.25, 0.3) is 0 Å². The lowest BCUT2D eigenvalue weighted by Gasteiger charge is -2.29. The van der Waals surface area contributed by atoms with Crippen LogP contribution in [0.5, 0.6) is 0 Å². The maximum atomic E-state index is 3.68. The molecule has 2 atom stereocenters. The zero-order valence-electron chi connectivity index (χ0n) is 9.39. The van der Waals surface area contributed by atoms with Gasteiger partial charge < -0.3 is 5.32 Å². The molecule has 4 rings (SSSR count). The van der Waals surface area contributed by atoms with Gasteiger partial charge in [0.2, 0.25) is 0 Å². The number of fused-ring (bicyclic) bond motifs is 4. The molecule has 1 aliphatic carbocycles. The lowest BCUT2D eigenvalue weighted by molar-refractivity contribution is 0.747. The van der Waals surface area contributed by atoms with Crippen LogP contribution in [-0.4, -0.2) is 6.04 Å². The first-order valence-corrected chi connectivity index (χ1v) is 6.90. The molecule has 2 aromatic carbocycles.